The Morgan fingerprint density at radius 3 is 2.56 bits per heavy atom. The predicted molar refractivity (Wildman–Crippen MR) is 125 cm³/mol. The summed E-state index contributed by atoms with van der Waals surface area (Å²) in [7, 11) is 0. The highest BCUT2D eigenvalue weighted by molar-refractivity contribution is 5.93. The molecule has 0 unspecified atom stereocenters. The normalized spacial score (nSPS) is 28.3. The smallest absolute Gasteiger partial charge is 0.417 e. The lowest BCUT2D eigenvalue weighted by atomic mass is 9.89. The minimum atomic E-state index is -0.533. The van der Waals surface area contributed by atoms with Crippen LogP contribution in [0.15, 0.2) is 60.8 Å². The molecule has 6 heteroatoms. The fraction of sp³-hybridized carbons (Fsp3) is 0.393. The summed E-state index contributed by atoms with van der Waals surface area (Å²) < 4.78 is 19.1. The van der Waals surface area contributed by atoms with Crippen LogP contribution in [0, 0.1) is 23.6 Å². The van der Waals surface area contributed by atoms with E-state index in [-0.39, 0.29) is 24.4 Å². The van der Waals surface area contributed by atoms with Gasteiger partial charge in [-0.2, -0.15) is 0 Å². The molecule has 0 bridgehead atoms. The van der Waals surface area contributed by atoms with Crippen molar-refractivity contribution in [3.63, 3.8) is 0 Å². The second-order valence-corrected chi connectivity index (χ2v) is 10.1. The van der Waals surface area contributed by atoms with Gasteiger partial charge < -0.3 is 4.74 Å². The number of nitrogens with zero attached hydrogens (tertiary/aromatic N) is 2. The van der Waals surface area contributed by atoms with Crippen molar-refractivity contribution in [2.45, 2.75) is 44.1 Å². The number of carbonyl (C=O) groups is 2. The molecule has 5 nitrogen and oxygen atoms in total. The molecule has 2 heterocycles. The summed E-state index contributed by atoms with van der Waals surface area (Å²) in [5.41, 5.74) is 2.95. The Morgan fingerprint density at radius 2 is 1.79 bits per heavy atom. The van der Waals surface area contributed by atoms with Crippen LogP contribution in [0.1, 0.15) is 55.2 Å². The molecule has 1 aliphatic heterocycles. The van der Waals surface area contributed by atoms with Crippen molar-refractivity contribution >= 4 is 22.9 Å². The van der Waals surface area contributed by atoms with Crippen LogP contribution in [-0.2, 0) is 9.53 Å². The average Bonchev–Trinajstić information content (AvgIpc) is 3.52. The molecule has 6 rings (SSSR count). The van der Waals surface area contributed by atoms with E-state index < -0.39 is 6.09 Å². The Bertz CT molecular complexity index is 1230. The minimum absolute atomic E-state index is 0.131. The monoisotopic (exact) mass is 458 g/mol. The van der Waals surface area contributed by atoms with Crippen molar-refractivity contribution in [1.82, 2.24) is 9.88 Å². The SMILES string of the molecule is O=C(C[C@@H]1C[C@@H]2C[C@H](c3ccnc4ccc(F)cc34)C[C@@H]2C1)N1C(=O)OC[C@H]1c1ccccc1. The number of aromatic nitrogens is 1. The van der Waals surface area contributed by atoms with Crippen LogP contribution < -0.4 is 0 Å². The van der Waals surface area contributed by atoms with Crippen LogP contribution in [0.2, 0.25) is 0 Å². The molecule has 3 aromatic rings. The Hall–Kier alpha value is -3.28. The van der Waals surface area contributed by atoms with E-state index in [1.165, 1.54) is 16.5 Å². The van der Waals surface area contributed by atoms with E-state index in [4.69, 9.17) is 4.74 Å². The molecular formula is C28H27FN2O3. The molecule has 1 saturated heterocycles. The summed E-state index contributed by atoms with van der Waals surface area (Å²) in [6.45, 7) is 0.215. The van der Waals surface area contributed by atoms with Gasteiger partial charge in [-0.3, -0.25) is 9.78 Å². The molecule has 0 N–H and O–H groups in total. The Labute approximate surface area is 197 Å². The zero-order valence-electron chi connectivity index (χ0n) is 18.9. The first-order valence-electron chi connectivity index (χ1n) is 12.1. The van der Waals surface area contributed by atoms with E-state index in [0.29, 0.717) is 30.1 Å². The topological polar surface area (TPSA) is 59.5 Å². The number of amides is 2. The highest BCUT2D eigenvalue weighted by atomic mass is 19.1. The summed E-state index contributed by atoms with van der Waals surface area (Å²) in [6, 6.07) is 16.1. The number of fused-ring (bicyclic) bond motifs is 2. The minimum Gasteiger partial charge on any atom is -0.446 e. The van der Waals surface area contributed by atoms with Gasteiger partial charge in [0.25, 0.3) is 0 Å². The molecule has 34 heavy (non-hydrogen) atoms. The fourth-order valence-electron chi connectivity index (χ4n) is 6.62. The second-order valence-electron chi connectivity index (χ2n) is 10.1. The van der Waals surface area contributed by atoms with E-state index in [1.807, 2.05) is 42.6 Å². The zero-order chi connectivity index (χ0) is 23.2. The lowest BCUT2D eigenvalue weighted by Gasteiger charge is -2.22. The Balaban J connectivity index is 1.12. The van der Waals surface area contributed by atoms with Crippen molar-refractivity contribution in [3.8, 4) is 0 Å². The molecule has 3 fully saturated rings. The van der Waals surface area contributed by atoms with Crippen LogP contribution in [0.25, 0.3) is 10.9 Å². The van der Waals surface area contributed by atoms with E-state index in [2.05, 4.69) is 4.98 Å². The second kappa shape index (κ2) is 8.49. The van der Waals surface area contributed by atoms with Gasteiger partial charge in [-0.25, -0.2) is 14.1 Å². The molecule has 3 aliphatic rings. The lowest BCUT2D eigenvalue weighted by molar-refractivity contribution is -0.130. The number of imide groups is 1. The molecule has 2 amide bonds. The van der Waals surface area contributed by atoms with Crippen LogP contribution in [0.5, 0.6) is 0 Å². The van der Waals surface area contributed by atoms with Crippen molar-refractivity contribution < 1.29 is 18.7 Å². The maximum atomic E-state index is 13.9. The molecule has 2 aliphatic carbocycles. The predicted octanol–water partition coefficient (Wildman–Crippen LogP) is 6.00. The van der Waals surface area contributed by atoms with Crippen LogP contribution in [0.3, 0.4) is 0 Å². The molecule has 5 atom stereocenters. The van der Waals surface area contributed by atoms with E-state index in [9.17, 15) is 14.0 Å². The third-order valence-corrected chi connectivity index (χ3v) is 8.08. The Morgan fingerprint density at radius 1 is 1.03 bits per heavy atom. The molecular weight excluding hydrogens is 431 g/mol. The maximum Gasteiger partial charge on any atom is 0.417 e. The van der Waals surface area contributed by atoms with Gasteiger partial charge in [0.1, 0.15) is 18.5 Å². The van der Waals surface area contributed by atoms with Crippen molar-refractivity contribution in [2.75, 3.05) is 6.61 Å². The number of pyridine rings is 1. The van der Waals surface area contributed by atoms with Crippen molar-refractivity contribution in [2.24, 2.45) is 17.8 Å². The number of hydrogen-bond donors (Lipinski definition) is 0. The van der Waals surface area contributed by atoms with Gasteiger partial charge in [-0.1, -0.05) is 30.3 Å². The summed E-state index contributed by atoms with van der Waals surface area (Å²) >= 11 is 0. The van der Waals surface area contributed by atoms with Crippen molar-refractivity contribution in [1.29, 1.82) is 0 Å². The first kappa shape index (κ1) is 21.3. The van der Waals surface area contributed by atoms with E-state index in [1.54, 1.807) is 12.1 Å². The van der Waals surface area contributed by atoms with Gasteiger partial charge in [0.15, 0.2) is 0 Å². The number of hydrogen-bond acceptors (Lipinski definition) is 4. The zero-order valence-corrected chi connectivity index (χ0v) is 18.9. The number of benzene rings is 2. The summed E-state index contributed by atoms with van der Waals surface area (Å²) in [5, 5.41) is 0.915. The molecule has 2 aromatic carbocycles. The standard InChI is InChI=1S/C28H27FN2O3/c29-22-6-7-25-24(15-22)23(8-9-30-25)21-13-19-10-17(11-20(19)14-21)12-27(32)31-26(16-34-28(31)33)18-4-2-1-3-5-18/h1-9,15,17,19-21,26H,10-14,16H2/t17-,19-,20+,21+,26-/m0/s1. The number of ether oxygens (including phenoxy) is 1. The fourth-order valence-corrected chi connectivity index (χ4v) is 6.62. The van der Waals surface area contributed by atoms with Crippen LogP contribution in [-0.4, -0.2) is 28.5 Å². The van der Waals surface area contributed by atoms with Gasteiger partial charge in [0, 0.05) is 18.0 Å². The first-order valence-corrected chi connectivity index (χ1v) is 12.1. The van der Waals surface area contributed by atoms with Gasteiger partial charge in [-0.15, -0.1) is 0 Å². The molecule has 2 saturated carbocycles. The molecule has 0 radical (unpaired) electrons. The molecule has 1 aromatic heterocycles. The maximum absolute atomic E-state index is 13.9. The highest BCUT2D eigenvalue weighted by Crippen LogP contribution is 2.54. The first-order chi connectivity index (χ1) is 16.6. The molecule has 0 spiro atoms. The lowest BCUT2D eigenvalue weighted by Crippen LogP contribution is -2.35. The number of carbonyl (C=O) groups excluding carboxylic acids is 2. The molecule has 174 valence electrons. The van der Waals surface area contributed by atoms with Gasteiger partial charge in [0.05, 0.1) is 5.52 Å². The number of cyclic esters (lactones) is 1. The number of halogens is 1. The van der Waals surface area contributed by atoms with Crippen LogP contribution >= 0.6 is 0 Å². The van der Waals surface area contributed by atoms with E-state index in [0.717, 1.165) is 42.1 Å². The number of rotatable bonds is 4. The van der Waals surface area contributed by atoms with Gasteiger partial charge in [0.2, 0.25) is 5.91 Å². The third kappa shape index (κ3) is 3.75. The van der Waals surface area contributed by atoms with Gasteiger partial charge >= 0.3 is 6.09 Å². The highest BCUT2D eigenvalue weighted by Gasteiger charge is 2.45. The quantitative estimate of drug-likeness (QED) is 0.481. The summed E-state index contributed by atoms with van der Waals surface area (Å²) in [4.78, 5) is 31.2. The Kier molecular flexibility index (Phi) is 5.31. The summed E-state index contributed by atoms with van der Waals surface area (Å²) in [6.07, 6.45) is 5.80. The largest absolute Gasteiger partial charge is 0.446 e. The van der Waals surface area contributed by atoms with E-state index >= 15 is 0 Å². The third-order valence-electron chi connectivity index (χ3n) is 8.08. The summed E-state index contributed by atoms with van der Waals surface area (Å²) in [5.74, 6) is 1.46. The van der Waals surface area contributed by atoms with Crippen molar-refractivity contribution in [3.05, 3.63) is 77.7 Å². The van der Waals surface area contributed by atoms with Gasteiger partial charge in [-0.05, 0) is 84.7 Å². The average molecular weight is 459 g/mol. The van der Waals surface area contributed by atoms with Crippen LogP contribution in [0.4, 0.5) is 9.18 Å².